The number of carbonyl (C=O) groups excluding carboxylic acids is 9. The molecule has 0 aliphatic carbocycles. The first kappa shape index (κ1) is 39.1. The molecule has 1 saturated heterocycles. The quantitative estimate of drug-likeness (QED) is 0.0831. The molecule has 1 heterocycles. The molecule has 1 aliphatic rings. The first-order valence-corrected chi connectivity index (χ1v) is 14.1. The zero-order valence-corrected chi connectivity index (χ0v) is 25.8. The average molecular weight is 660 g/mol. The van der Waals surface area contributed by atoms with Gasteiger partial charge in [-0.25, -0.2) is 15.2 Å². The Labute approximate surface area is 263 Å². The van der Waals surface area contributed by atoms with Gasteiger partial charge in [-0.15, -0.1) is 0 Å². The van der Waals surface area contributed by atoms with Gasteiger partial charge < -0.3 is 31.9 Å². The highest BCUT2D eigenvalue weighted by Gasteiger charge is 2.31. The summed E-state index contributed by atoms with van der Waals surface area (Å²) in [5, 5.41) is 44.0. The number of nitrogens with zero attached hydrogens (tertiary/aromatic N) is 3. The van der Waals surface area contributed by atoms with Crippen molar-refractivity contribution in [1.82, 2.24) is 47.1 Å². The third-order valence-electron chi connectivity index (χ3n) is 6.51. The van der Waals surface area contributed by atoms with Crippen molar-refractivity contribution in [2.75, 3.05) is 32.7 Å². The van der Waals surface area contributed by atoms with E-state index in [0.29, 0.717) is 0 Å². The second kappa shape index (κ2) is 18.8. The number of rotatable bonds is 9. The Morgan fingerprint density at radius 3 is 1.28 bits per heavy atom. The van der Waals surface area contributed by atoms with Gasteiger partial charge in [0.2, 0.25) is 53.2 Å². The first-order chi connectivity index (χ1) is 21.4. The molecule has 21 nitrogen and oxygen atoms in total. The Kier molecular flexibility index (Phi) is 16.0. The van der Waals surface area contributed by atoms with Crippen LogP contribution in [0.2, 0.25) is 0 Å². The third kappa shape index (κ3) is 13.8. The van der Waals surface area contributed by atoms with Crippen molar-refractivity contribution in [3.05, 3.63) is 0 Å². The molecule has 0 aromatic carbocycles. The van der Waals surface area contributed by atoms with Gasteiger partial charge in [0.05, 0.1) is 32.7 Å². The van der Waals surface area contributed by atoms with E-state index >= 15 is 0 Å². The fourth-order valence-corrected chi connectivity index (χ4v) is 3.79. The molecule has 9 amide bonds. The monoisotopic (exact) mass is 659 g/mol. The lowest BCUT2D eigenvalue weighted by molar-refractivity contribution is -0.164. The molecule has 0 radical (unpaired) electrons. The predicted octanol–water partition coefficient (Wildman–Crippen LogP) is -4.93. The van der Waals surface area contributed by atoms with Gasteiger partial charge in [0, 0.05) is 20.8 Å². The number of hydrogen-bond acceptors (Lipinski definition) is 12. The van der Waals surface area contributed by atoms with Crippen LogP contribution in [0.3, 0.4) is 0 Å². The zero-order valence-electron chi connectivity index (χ0n) is 25.8. The predicted molar refractivity (Wildman–Crippen MR) is 151 cm³/mol. The molecule has 1 fully saturated rings. The maximum absolute atomic E-state index is 13.4. The lowest BCUT2D eigenvalue weighted by atomic mass is 10.1. The Morgan fingerprint density at radius 2 is 0.891 bits per heavy atom. The van der Waals surface area contributed by atoms with Crippen molar-refractivity contribution in [1.29, 1.82) is 0 Å². The molecule has 1 aliphatic heterocycles. The minimum absolute atomic E-state index is 0.254. The summed E-state index contributed by atoms with van der Waals surface area (Å²) in [4.78, 5) is 112. The Bertz CT molecular complexity index is 1160. The maximum atomic E-state index is 13.4. The number of hydrogen-bond donors (Lipinski definition) is 9. The minimum atomic E-state index is -1.59. The molecule has 0 bridgehead atoms. The molecule has 4 atom stereocenters. The van der Waals surface area contributed by atoms with Crippen molar-refractivity contribution in [2.45, 2.75) is 71.1 Å². The van der Waals surface area contributed by atoms with Gasteiger partial charge in [0.1, 0.15) is 24.2 Å². The van der Waals surface area contributed by atoms with Crippen LogP contribution >= 0.6 is 0 Å². The number of hydroxylamine groups is 6. The van der Waals surface area contributed by atoms with Crippen LogP contribution in [0, 0.1) is 0 Å². The second-order valence-corrected chi connectivity index (χ2v) is 10.3. The molecule has 0 spiro atoms. The zero-order chi connectivity index (χ0) is 35.1. The highest BCUT2D eigenvalue weighted by atomic mass is 16.5. The largest absolute Gasteiger partial charge is 0.345 e. The van der Waals surface area contributed by atoms with Crippen LogP contribution in [-0.2, 0) is 43.2 Å². The molecular weight excluding hydrogens is 618 g/mol. The van der Waals surface area contributed by atoms with E-state index in [0.717, 1.165) is 20.8 Å². The molecule has 21 heteroatoms. The molecule has 0 saturated carbocycles. The number of carbonyl (C=O) groups is 9. The highest BCUT2D eigenvalue weighted by Crippen LogP contribution is 2.04. The normalized spacial score (nSPS) is 22.0. The smallest absolute Gasteiger partial charge is 0.243 e. The highest BCUT2D eigenvalue weighted by molar-refractivity contribution is 5.96. The fourth-order valence-electron chi connectivity index (χ4n) is 3.79. The van der Waals surface area contributed by atoms with Crippen LogP contribution < -0.4 is 31.9 Å². The van der Waals surface area contributed by atoms with Crippen LogP contribution in [0.5, 0.6) is 0 Å². The molecular formula is C25H41N9O12. The summed E-state index contributed by atoms with van der Waals surface area (Å²) in [5.74, 6) is -7.90. The van der Waals surface area contributed by atoms with E-state index in [4.69, 9.17) is 0 Å². The minimum Gasteiger partial charge on any atom is -0.345 e. The van der Waals surface area contributed by atoms with E-state index in [1.165, 1.54) is 6.92 Å². The summed E-state index contributed by atoms with van der Waals surface area (Å²) < 4.78 is 0. The summed E-state index contributed by atoms with van der Waals surface area (Å²) in [6.07, 6.45) is -1.20. The van der Waals surface area contributed by atoms with Crippen LogP contribution in [0.1, 0.15) is 47.0 Å². The molecule has 0 aromatic heterocycles. The van der Waals surface area contributed by atoms with Crippen molar-refractivity contribution in [3.8, 4) is 0 Å². The molecule has 258 valence electrons. The second-order valence-electron chi connectivity index (χ2n) is 10.3. The summed E-state index contributed by atoms with van der Waals surface area (Å²) in [6, 6.07) is -5.79. The van der Waals surface area contributed by atoms with Gasteiger partial charge in [0.25, 0.3) is 0 Å². The first-order valence-electron chi connectivity index (χ1n) is 14.1. The van der Waals surface area contributed by atoms with Gasteiger partial charge in [-0.3, -0.25) is 58.8 Å². The lowest BCUT2D eigenvalue weighted by Gasteiger charge is -2.27. The molecule has 1 unspecified atom stereocenters. The standard InChI is InChI=1S/C25H41N9O12/c1-13-22(40)26-12-21(39)29-18(6-9-33(45)15(3)36)24(42)31-19(7-10-34(46)16(4)37)25(43)30-17(5-8-32(44)14(2)35)23(41)27-11-20(38)28-13/h13,17-19,44-46H,5-12H2,1-4H3,(H,26,40)(H,27,41)(H,28,38)(H,29,39)(H,30,43)(H,31,42)/t13?,17-,18-,19-/m1/s1. The summed E-state index contributed by atoms with van der Waals surface area (Å²) in [7, 11) is 0. The van der Waals surface area contributed by atoms with E-state index in [9.17, 15) is 58.8 Å². The average Bonchev–Trinajstić information content (AvgIpc) is 2.98. The van der Waals surface area contributed by atoms with Gasteiger partial charge in [-0.2, -0.15) is 0 Å². The van der Waals surface area contributed by atoms with E-state index in [1.807, 2.05) is 0 Å². The Balaban J connectivity index is 3.46. The van der Waals surface area contributed by atoms with E-state index in [-0.39, 0.29) is 28.0 Å². The summed E-state index contributed by atoms with van der Waals surface area (Å²) in [5.41, 5.74) is 0. The van der Waals surface area contributed by atoms with Crippen LogP contribution in [0.25, 0.3) is 0 Å². The maximum Gasteiger partial charge on any atom is 0.243 e. The van der Waals surface area contributed by atoms with Crippen molar-refractivity contribution >= 4 is 53.2 Å². The fraction of sp³-hybridized carbons (Fsp3) is 0.640. The molecule has 1 rings (SSSR count). The van der Waals surface area contributed by atoms with Crippen LogP contribution in [-0.4, -0.2) is 141 Å². The van der Waals surface area contributed by atoms with E-state index in [2.05, 4.69) is 31.9 Å². The topological polar surface area (TPSA) is 296 Å². The van der Waals surface area contributed by atoms with Crippen LogP contribution in [0.4, 0.5) is 0 Å². The SMILES string of the molecule is CC(=O)N(O)CC[C@H]1NC(=O)CNC(=O)C(C)NC(=O)CNC(=O)[C@@H](CCN(O)C(C)=O)NC(=O)[C@@H](CCN(O)C(C)=O)NC1=O. The Morgan fingerprint density at radius 1 is 0.565 bits per heavy atom. The third-order valence-corrected chi connectivity index (χ3v) is 6.51. The summed E-state index contributed by atoms with van der Waals surface area (Å²) >= 11 is 0. The van der Waals surface area contributed by atoms with Gasteiger partial charge in [-0.1, -0.05) is 0 Å². The lowest BCUT2D eigenvalue weighted by Crippen LogP contribution is -2.59. The van der Waals surface area contributed by atoms with Crippen LogP contribution in [0.15, 0.2) is 0 Å². The van der Waals surface area contributed by atoms with Gasteiger partial charge in [-0.05, 0) is 26.2 Å². The number of amides is 9. The summed E-state index contributed by atoms with van der Waals surface area (Å²) in [6.45, 7) is 1.65. The number of nitrogens with one attached hydrogen (secondary N) is 6. The van der Waals surface area contributed by atoms with E-state index in [1.54, 1.807) is 0 Å². The van der Waals surface area contributed by atoms with Crippen molar-refractivity contribution in [2.24, 2.45) is 0 Å². The molecule has 46 heavy (non-hydrogen) atoms. The van der Waals surface area contributed by atoms with E-state index < -0.39 is 116 Å². The molecule has 0 aromatic rings. The molecule has 9 N–H and O–H groups in total. The van der Waals surface area contributed by atoms with Gasteiger partial charge in [0.15, 0.2) is 0 Å². The van der Waals surface area contributed by atoms with Crippen molar-refractivity contribution < 1.29 is 58.8 Å². The van der Waals surface area contributed by atoms with Crippen molar-refractivity contribution in [3.63, 3.8) is 0 Å². The Hall–Kier alpha value is -4.89. The van der Waals surface area contributed by atoms with Gasteiger partial charge >= 0.3 is 0 Å².